The molecule has 2 aliphatic rings. The summed E-state index contributed by atoms with van der Waals surface area (Å²) in [5, 5.41) is 5.35. The number of aryl methyl sites for hydroxylation is 2. The van der Waals surface area contributed by atoms with E-state index in [1.165, 1.54) is 0 Å². The molecule has 2 aromatic rings. The number of hydrogen-bond donors (Lipinski definition) is 0. The monoisotopic (exact) mass is 434 g/mol. The van der Waals surface area contributed by atoms with Crippen LogP contribution in [-0.4, -0.2) is 39.6 Å². The Hall–Kier alpha value is -2.05. The summed E-state index contributed by atoms with van der Waals surface area (Å²) in [5.74, 6) is -0.899. The van der Waals surface area contributed by atoms with Gasteiger partial charge in [0.2, 0.25) is 11.8 Å². The molecule has 0 N–H and O–H groups in total. The van der Waals surface area contributed by atoms with Crippen LogP contribution in [0.3, 0.4) is 0 Å². The molecule has 0 radical (unpaired) electrons. The highest BCUT2D eigenvalue weighted by molar-refractivity contribution is 6.42. The summed E-state index contributed by atoms with van der Waals surface area (Å²) in [6, 6.07) is 5.10. The third-order valence-corrected chi connectivity index (χ3v) is 6.89. The van der Waals surface area contributed by atoms with Gasteiger partial charge in [0.15, 0.2) is 0 Å². The van der Waals surface area contributed by atoms with Crippen LogP contribution < -0.4 is 4.90 Å². The number of carbonyl (C=O) groups excluding carboxylic acids is 2. The lowest BCUT2D eigenvalue weighted by Crippen LogP contribution is -2.40. The molecule has 0 aliphatic carbocycles. The van der Waals surface area contributed by atoms with E-state index in [4.69, 9.17) is 23.2 Å². The molecule has 0 spiro atoms. The summed E-state index contributed by atoms with van der Waals surface area (Å²) in [6.45, 7) is 5.18. The van der Waals surface area contributed by atoms with Gasteiger partial charge in [0, 0.05) is 37.1 Å². The maximum absolute atomic E-state index is 13.4. The summed E-state index contributed by atoms with van der Waals surface area (Å²) < 4.78 is 1.86. The average Bonchev–Trinajstić information content (AvgIpc) is 3.36. The first kappa shape index (κ1) is 20.2. The Morgan fingerprint density at radius 2 is 1.90 bits per heavy atom. The zero-order valence-electron chi connectivity index (χ0n) is 16.8. The number of halogens is 2. The van der Waals surface area contributed by atoms with Crippen LogP contribution in [0, 0.1) is 19.8 Å². The van der Waals surface area contributed by atoms with Crippen molar-refractivity contribution in [2.75, 3.05) is 18.0 Å². The van der Waals surface area contributed by atoms with Gasteiger partial charge in [-0.3, -0.25) is 14.3 Å². The summed E-state index contributed by atoms with van der Waals surface area (Å²) in [6.07, 6.45) is 2.34. The average molecular weight is 435 g/mol. The molecule has 2 amide bonds. The molecule has 4 rings (SSSR count). The maximum atomic E-state index is 13.4. The number of benzene rings is 1. The first-order valence-electron chi connectivity index (χ1n) is 9.86. The van der Waals surface area contributed by atoms with Gasteiger partial charge in [-0.1, -0.05) is 23.2 Å². The van der Waals surface area contributed by atoms with E-state index in [-0.39, 0.29) is 17.9 Å². The highest BCUT2D eigenvalue weighted by Gasteiger charge is 2.43. The highest BCUT2D eigenvalue weighted by atomic mass is 35.5. The fourth-order valence-electron chi connectivity index (χ4n) is 4.62. The summed E-state index contributed by atoms with van der Waals surface area (Å²) >= 11 is 12.1. The minimum atomic E-state index is -0.651. The number of anilines is 1. The minimum absolute atomic E-state index is 0.0111. The van der Waals surface area contributed by atoms with E-state index in [1.54, 1.807) is 23.1 Å². The fourth-order valence-corrected chi connectivity index (χ4v) is 4.91. The Balaban J connectivity index is 1.56. The van der Waals surface area contributed by atoms with Crippen molar-refractivity contribution in [2.24, 2.45) is 13.0 Å². The maximum Gasteiger partial charge on any atom is 0.239 e. The predicted molar refractivity (Wildman–Crippen MR) is 113 cm³/mol. The van der Waals surface area contributed by atoms with Crippen molar-refractivity contribution in [1.82, 2.24) is 14.7 Å². The van der Waals surface area contributed by atoms with Gasteiger partial charge in [0.1, 0.15) is 5.92 Å². The predicted octanol–water partition coefficient (Wildman–Crippen LogP) is 4.06. The van der Waals surface area contributed by atoms with Crippen molar-refractivity contribution in [3.8, 4) is 0 Å². The zero-order valence-corrected chi connectivity index (χ0v) is 18.3. The lowest BCUT2D eigenvalue weighted by atomic mass is 10.00. The molecule has 29 heavy (non-hydrogen) atoms. The van der Waals surface area contributed by atoms with Gasteiger partial charge in [0.05, 0.1) is 21.8 Å². The quantitative estimate of drug-likeness (QED) is 0.684. The summed E-state index contributed by atoms with van der Waals surface area (Å²) in [5.41, 5.74) is 3.81. The summed E-state index contributed by atoms with van der Waals surface area (Å²) in [7, 11) is 1.92. The van der Waals surface area contributed by atoms with Gasteiger partial charge in [-0.25, -0.2) is 0 Å². The Morgan fingerprint density at radius 3 is 2.55 bits per heavy atom. The van der Waals surface area contributed by atoms with Gasteiger partial charge in [-0.05, 0) is 51.3 Å². The van der Waals surface area contributed by atoms with Crippen LogP contribution in [0.1, 0.15) is 42.3 Å². The SMILES string of the molecule is Cc1nn(C)c(C)c1C1CCCN1C(=O)C1CCN(c2ccc(Cl)c(Cl)c2)C1=O. The number of rotatable bonds is 3. The van der Waals surface area contributed by atoms with Gasteiger partial charge >= 0.3 is 0 Å². The molecule has 2 unspecified atom stereocenters. The molecule has 2 saturated heterocycles. The van der Waals surface area contributed by atoms with Crippen molar-refractivity contribution in [3.05, 3.63) is 45.2 Å². The molecule has 2 fully saturated rings. The Labute approximate surface area is 180 Å². The topological polar surface area (TPSA) is 58.4 Å². The van der Waals surface area contributed by atoms with Crippen molar-refractivity contribution >= 4 is 40.7 Å². The second-order valence-corrected chi connectivity index (χ2v) is 8.64. The van der Waals surface area contributed by atoms with Crippen molar-refractivity contribution in [3.63, 3.8) is 0 Å². The van der Waals surface area contributed by atoms with Crippen LogP contribution in [0.2, 0.25) is 10.0 Å². The first-order valence-corrected chi connectivity index (χ1v) is 10.6. The van der Waals surface area contributed by atoms with Crippen LogP contribution in [0.5, 0.6) is 0 Å². The Bertz CT molecular complexity index is 987. The highest BCUT2D eigenvalue weighted by Crippen LogP contribution is 2.38. The minimum Gasteiger partial charge on any atom is -0.335 e. The normalized spacial score (nSPS) is 22.0. The van der Waals surface area contributed by atoms with E-state index in [1.807, 2.05) is 30.5 Å². The molecular weight excluding hydrogens is 411 g/mol. The van der Waals surface area contributed by atoms with E-state index >= 15 is 0 Å². The number of aromatic nitrogens is 2. The third kappa shape index (κ3) is 3.42. The number of carbonyl (C=O) groups is 2. The van der Waals surface area contributed by atoms with Crippen LogP contribution in [0.4, 0.5) is 5.69 Å². The van der Waals surface area contributed by atoms with Gasteiger partial charge < -0.3 is 9.80 Å². The van der Waals surface area contributed by atoms with E-state index < -0.39 is 5.92 Å². The molecule has 1 aromatic heterocycles. The van der Waals surface area contributed by atoms with E-state index in [2.05, 4.69) is 5.10 Å². The molecule has 154 valence electrons. The summed E-state index contributed by atoms with van der Waals surface area (Å²) in [4.78, 5) is 30.0. The smallest absolute Gasteiger partial charge is 0.239 e. The van der Waals surface area contributed by atoms with Crippen molar-refractivity contribution < 1.29 is 9.59 Å². The number of nitrogens with zero attached hydrogens (tertiary/aromatic N) is 4. The second kappa shape index (κ2) is 7.65. The Kier molecular flexibility index (Phi) is 5.34. The van der Waals surface area contributed by atoms with Crippen LogP contribution in [-0.2, 0) is 16.6 Å². The lowest BCUT2D eigenvalue weighted by molar-refractivity contribution is -0.140. The lowest BCUT2D eigenvalue weighted by Gasteiger charge is -2.27. The number of amides is 2. The Morgan fingerprint density at radius 1 is 1.14 bits per heavy atom. The number of likely N-dealkylation sites (tertiary alicyclic amines) is 1. The van der Waals surface area contributed by atoms with Crippen LogP contribution in [0.25, 0.3) is 0 Å². The molecule has 0 saturated carbocycles. The molecule has 2 aliphatic heterocycles. The van der Waals surface area contributed by atoms with Gasteiger partial charge in [-0.2, -0.15) is 5.10 Å². The molecule has 1 aromatic carbocycles. The largest absolute Gasteiger partial charge is 0.335 e. The van der Waals surface area contributed by atoms with Crippen molar-refractivity contribution in [2.45, 2.75) is 39.2 Å². The first-order chi connectivity index (χ1) is 13.8. The molecule has 0 bridgehead atoms. The molecule has 3 heterocycles. The third-order valence-electron chi connectivity index (χ3n) is 6.15. The van der Waals surface area contributed by atoms with Crippen molar-refractivity contribution in [1.29, 1.82) is 0 Å². The second-order valence-electron chi connectivity index (χ2n) is 7.83. The molecule has 6 nitrogen and oxygen atoms in total. The standard InChI is InChI=1S/C21H24Cl2N4O2/c1-12-19(13(2)25(3)24-12)18-5-4-9-27(18)21(29)15-8-10-26(20(15)28)14-6-7-16(22)17(23)11-14/h6-7,11,15,18H,4-5,8-10H2,1-3H3. The fraction of sp³-hybridized carbons (Fsp3) is 0.476. The molecule has 2 atom stereocenters. The molecular formula is C21H24Cl2N4O2. The number of hydrogen-bond acceptors (Lipinski definition) is 3. The van der Waals surface area contributed by atoms with Gasteiger partial charge in [0.25, 0.3) is 0 Å². The van der Waals surface area contributed by atoms with E-state index in [0.29, 0.717) is 35.2 Å². The van der Waals surface area contributed by atoms with Crippen LogP contribution >= 0.6 is 23.2 Å². The molecule has 8 heteroatoms. The van der Waals surface area contributed by atoms with E-state index in [9.17, 15) is 9.59 Å². The van der Waals surface area contributed by atoms with Gasteiger partial charge in [-0.15, -0.1) is 0 Å². The van der Waals surface area contributed by atoms with E-state index in [0.717, 1.165) is 29.8 Å². The van der Waals surface area contributed by atoms with Crippen LogP contribution in [0.15, 0.2) is 18.2 Å². The zero-order chi connectivity index (χ0) is 20.9.